The van der Waals surface area contributed by atoms with Crippen LogP contribution in [-0.2, 0) is 11.3 Å². The van der Waals surface area contributed by atoms with Crippen molar-refractivity contribution < 1.29 is 4.79 Å². The van der Waals surface area contributed by atoms with Crippen molar-refractivity contribution in [1.82, 2.24) is 9.80 Å². The lowest BCUT2D eigenvalue weighted by molar-refractivity contribution is -0.133. The summed E-state index contributed by atoms with van der Waals surface area (Å²) in [5.74, 6) is 0.166. The Morgan fingerprint density at radius 1 is 1.05 bits per heavy atom. The van der Waals surface area contributed by atoms with E-state index in [0.29, 0.717) is 0 Å². The average Bonchev–Trinajstić information content (AvgIpc) is 3.24. The summed E-state index contributed by atoms with van der Waals surface area (Å²) < 4.78 is 0. The van der Waals surface area contributed by atoms with E-state index in [-0.39, 0.29) is 30.7 Å². The van der Waals surface area contributed by atoms with Crippen LogP contribution < -0.4 is 5.73 Å². The summed E-state index contributed by atoms with van der Waals surface area (Å²) >= 11 is 0. The third-order valence-electron chi connectivity index (χ3n) is 4.34. The molecule has 1 aliphatic heterocycles. The van der Waals surface area contributed by atoms with E-state index < -0.39 is 5.54 Å². The molecule has 0 bridgehead atoms. The van der Waals surface area contributed by atoms with Gasteiger partial charge in [0.25, 0.3) is 0 Å². The van der Waals surface area contributed by atoms with E-state index in [1.165, 1.54) is 5.56 Å². The highest BCUT2D eigenvalue weighted by Gasteiger charge is 2.48. The molecule has 0 spiro atoms. The molecule has 1 saturated heterocycles. The average molecular weight is 346 g/mol. The van der Waals surface area contributed by atoms with Gasteiger partial charge in [-0.2, -0.15) is 0 Å². The lowest BCUT2D eigenvalue weighted by atomic mass is 10.2. The van der Waals surface area contributed by atoms with Gasteiger partial charge in [-0.15, -0.1) is 24.8 Å². The summed E-state index contributed by atoms with van der Waals surface area (Å²) in [4.78, 5) is 16.7. The fourth-order valence-corrected chi connectivity index (χ4v) is 2.84. The molecule has 0 atom stereocenters. The topological polar surface area (TPSA) is 49.6 Å². The fraction of sp³-hybridized carbons (Fsp3) is 0.562. The van der Waals surface area contributed by atoms with E-state index in [2.05, 4.69) is 29.2 Å². The van der Waals surface area contributed by atoms with E-state index in [9.17, 15) is 4.79 Å². The molecule has 2 N–H and O–H groups in total. The molecule has 3 rings (SSSR count). The molecule has 1 amide bonds. The molecule has 1 aromatic rings. The first-order valence-corrected chi connectivity index (χ1v) is 7.52. The van der Waals surface area contributed by atoms with E-state index >= 15 is 0 Å². The largest absolute Gasteiger partial charge is 0.340 e. The molecular formula is C16H25Cl2N3O. The summed E-state index contributed by atoms with van der Waals surface area (Å²) in [5.41, 5.74) is 6.84. The predicted molar refractivity (Wildman–Crippen MR) is 93.6 cm³/mol. The van der Waals surface area contributed by atoms with Crippen LogP contribution in [0.25, 0.3) is 0 Å². The van der Waals surface area contributed by atoms with Crippen molar-refractivity contribution in [2.75, 3.05) is 26.2 Å². The van der Waals surface area contributed by atoms with Gasteiger partial charge in [0, 0.05) is 32.7 Å². The Labute approximate surface area is 144 Å². The molecule has 1 aliphatic carbocycles. The maximum absolute atomic E-state index is 12.3. The maximum Gasteiger partial charge on any atom is 0.242 e. The molecule has 0 aromatic heterocycles. The van der Waals surface area contributed by atoms with Crippen LogP contribution in [0.2, 0.25) is 0 Å². The standard InChI is InChI=1S/C16H23N3O.2ClH/c17-16(7-8-16)15(20)19-10-4-9-18(11-12-19)13-14-5-2-1-3-6-14;;/h1-3,5-6H,4,7-13,17H2;2*1H. The smallest absolute Gasteiger partial charge is 0.242 e. The minimum atomic E-state index is -0.519. The Balaban J connectivity index is 0.00000121. The second kappa shape index (κ2) is 8.16. The van der Waals surface area contributed by atoms with E-state index in [0.717, 1.165) is 52.0 Å². The van der Waals surface area contributed by atoms with E-state index in [1.54, 1.807) is 0 Å². The number of rotatable bonds is 3. The van der Waals surface area contributed by atoms with Gasteiger partial charge >= 0.3 is 0 Å². The minimum Gasteiger partial charge on any atom is -0.340 e. The van der Waals surface area contributed by atoms with Crippen LogP contribution >= 0.6 is 24.8 Å². The molecule has 124 valence electrons. The zero-order chi connectivity index (χ0) is 14.0. The van der Waals surface area contributed by atoms with Crippen LogP contribution in [0.5, 0.6) is 0 Å². The van der Waals surface area contributed by atoms with Gasteiger partial charge in [-0.3, -0.25) is 9.69 Å². The number of halogens is 2. The van der Waals surface area contributed by atoms with Crippen molar-refractivity contribution in [1.29, 1.82) is 0 Å². The predicted octanol–water partition coefficient (Wildman–Crippen LogP) is 2.06. The zero-order valence-corrected chi connectivity index (χ0v) is 14.4. The van der Waals surface area contributed by atoms with Crippen LogP contribution in [0.3, 0.4) is 0 Å². The lowest BCUT2D eigenvalue weighted by Crippen LogP contribution is -2.47. The van der Waals surface area contributed by atoms with Gasteiger partial charge in [-0.25, -0.2) is 0 Å². The van der Waals surface area contributed by atoms with Gasteiger partial charge in [0.15, 0.2) is 0 Å². The maximum atomic E-state index is 12.3. The van der Waals surface area contributed by atoms with Crippen LogP contribution in [0.4, 0.5) is 0 Å². The second-order valence-electron chi connectivity index (χ2n) is 6.06. The van der Waals surface area contributed by atoms with Crippen molar-refractivity contribution in [2.24, 2.45) is 5.73 Å². The normalized spacial score (nSPS) is 20.3. The summed E-state index contributed by atoms with van der Waals surface area (Å²) in [6.45, 7) is 4.62. The molecule has 6 heteroatoms. The van der Waals surface area contributed by atoms with Gasteiger partial charge in [-0.1, -0.05) is 30.3 Å². The van der Waals surface area contributed by atoms with Crippen molar-refractivity contribution >= 4 is 30.7 Å². The van der Waals surface area contributed by atoms with Gasteiger partial charge in [0.05, 0.1) is 5.54 Å². The van der Waals surface area contributed by atoms with Crippen molar-refractivity contribution in [3.63, 3.8) is 0 Å². The molecule has 22 heavy (non-hydrogen) atoms. The third-order valence-corrected chi connectivity index (χ3v) is 4.34. The van der Waals surface area contributed by atoms with Crippen molar-refractivity contribution in [2.45, 2.75) is 31.3 Å². The number of hydrogen-bond donors (Lipinski definition) is 1. The molecule has 0 unspecified atom stereocenters. The number of nitrogens with zero attached hydrogens (tertiary/aromatic N) is 2. The Morgan fingerprint density at radius 2 is 1.73 bits per heavy atom. The quantitative estimate of drug-likeness (QED) is 0.911. The van der Waals surface area contributed by atoms with Crippen LogP contribution in [-0.4, -0.2) is 47.4 Å². The summed E-state index contributed by atoms with van der Waals surface area (Å²) in [7, 11) is 0. The van der Waals surface area contributed by atoms with Crippen LogP contribution in [0.1, 0.15) is 24.8 Å². The molecule has 1 heterocycles. The monoisotopic (exact) mass is 345 g/mol. The first-order chi connectivity index (χ1) is 9.67. The Kier molecular flexibility index (Phi) is 7.13. The second-order valence-corrected chi connectivity index (χ2v) is 6.06. The zero-order valence-electron chi connectivity index (χ0n) is 12.7. The SMILES string of the molecule is Cl.Cl.NC1(C(=O)N2CCCN(Cc3ccccc3)CC2)CC1. The highest BCUT2D eigenvalue weighted by atomic mass is 35.5. The number of hydrogen-bond acceptors (Lipinski definition) is 3. The molecule has 4 nitrogen and oxygen atoms in total. The number of benzene rings is 1. The molecular weight excluding hydrogens is 321 g/mol. The number of carbonyl (C=O) groups is 1. The molecule has 0 radical (unpaired) electrons. The molecule has 2 aliphatic rings. The number of amides is 1. The van der Waals surface area contributed by atoms with Gasteiger partial charge in [0.1, 0.15) is 0 Å². The van der Waals surface area contributed by atoms with Gasteiger partial charge in [-0.05, 0) is 24.8 Å². The fourth-order valence-electron chi connectivity index (χ4n) is 2.84. The summed E-state index contributed by atoms with van der Waals surface area (Å²) in [5, 5.41) is 0. The van der Waals surface area contributed by atoms with Gasteiger partial charge in [0.2, 0.25) is 5.91 Å². The molecule has 2 fully saturated rings. The number of nitrogens with two attached hydrogens (primary N) is 1. The van der Waals surface area contributed by atoms with Crippen molar-refractivity contribution in [3.8, 4) is 0 Å². The first kappa shape index (κ1) is 19.2. The first-order valence-electron chi connectivity index (χ1n) is 7.52. The molecule has 1 saturated carbocycles. The number of carbonyl (C=O) groups excluding carboxylic acids is 1. The lowest BCUT2D eigenvalue weighted by Gasteiger charge is -2.24. The Morgan fingerprint density at radius 3 is 2.36 bits per heavy atom. The highest BCUT2D eigenvalue weighted by molar-refractivity contribution is 5.89. The minimum absolute atomic E-state index is 0. The van der Waals surface area contributed by atoms with Crippen LogP contribution in [0.15, 0.2) is 30.3 Å². The van der Waals surface area contributed by atoms with Gasteiger partial charge < -0.3 is 10.6 Å². The Hall–Kier alpha value is -0.810. The van der Waals surface area contributed by atoms with E-state index in [1.807, 2.05) is 11.0 Å². The summed E-state index contributed by atoms with van der Waals surface area (Å²) in [6.07, 6.45) is 2.75. The Bertz CT molecular complexity index is 480. The molecule has 1 aromatic carbocycles. The van der Waals surface area contributed by atoms with E-state index in [4.69, 9.17) is 5.73 Å². The van der Waals surface area contributed by atoms with Crippen molar-refractivity contribution in [3.05, 3.63) is 35.9 Å². The summed E-state index contributed by atoms with van der Waals surface area (Å²) in [6, 6.07) is 10.5. The third kappa shape index (κ3) is 4.59. The van der Waals surface area contributed by atoms with Crippen LogP contribution in [0, 0.1) is 0 Å². The highest BCUT2D eigenvalue weighted by Crippen LogP contribution is 2.34.